The lowest BCUT2D eigenvalue weighted by Gasteiger charge is -2.08. The molecule has 0 saturated carbocycles. The van der Waals surface area contributed by atoms with E-state index in [9.17, 15) is 92.2 Å². The molecule has 5 N–H and O–H groups in total. The van der Waals surface area contributed by atoms with Crippen molar-refractivity contribution in [3.8, 4) is 92.4 Å². The Morgan fingerprint density at radius 1 is 0.313 bits per heavy atom. The van der Waals surface area contributed by atoms with Crippen molar-refractivity contribution in [3.63, 3.8) is 0 Å². The first-order chi connectivity index (χ1) is 70.3. The van der Waals surface area contributed by atoms with E-state index in [1.165, 1.54) is 121 Å². The van der Waals surface area contributed by atoms with Crippen LogP contribution in [0, 0.1) is 56.7 Å². The number of rotatable bonds is 17. The third-order valence-electron chi connectivity index (χ3n) is 20.4. The lowest BCUT2D eigenvalue weighted by Crippen LogP contribution is -2.05. The van der Waals surface area contributed by atoms with E-state index >= 15 is 0 Å². The molecule has 26 nitrogen and oxygen atoms in total. The zero-order valence-corrected chi connectivity index (χ0v) is 82.1. The second kappa shape index (κ2) is 44.6. The molecule has 0 amide bonds. The van der Waals surface area contributed by atoms with Crippen LogP contribution in [0.15, 0.2) is 304 Å². The molecule has 0 aliphatic carbocycles. The first kappa shape index (κ1) is 104. The summed E-state index contributed by atoms with van der Waals surface area (Å²) in [5.41, 5.74) is 0.544. The maximum atomic E-state index is 13.2. The Morgan fingerprint density at radius 3 is 0.898 bits per heavy atom. The molecule has 0 atom stereocenters. The minimum atomic E-state index is -4.54. The SMILES string of the molecule is CCOc1cccc(Sc2ncc(C#N)c(-c3c[nH]c4ncc(C(F)(F)F)cc34)n2)c1.N#Cc1cnc(Sc2ccc(Br)cc2)nc1-c1c[nH]c2ncc(C(F)(F)F)cc12.N#Cc1cnc(Sc2cccc(Cl)c2)nc1-c1c[nH]c2ncc(C(F)(F)F)cc12.N#Cc1cnc(Sc2ccccc2Br)nc1-c1c[nH]c2ncc(C(F)(F)F)cc12.N#Cc1cnc(Sc2ccccc2Cl)nc1-c1c[nH]c2ncc(C(F)(F)F)cc12. The molecule has 0 aliphatic rings. The lowest BCUT2D eigenvalue weighted by molar-refractivity contribution is -0.138. The number of nitriles is 5. The summed E-state index contributed by atoms with van der Waals surface area (Å²) in [6, 6.07) is 51.4. The Balaban J connectivity index is 0.000000131. The molecular formula is C97H50Br2Cl2F15N25OS5. The van der Waals surface area contributed by atoms with E-state index in [0.29, 0.717) is 80.9 Å². The fraction of sp³-hybridized carbons (Fsp3) is 0.0722. The molecule has 0 fully saturated rings. The summed E-state index contributed by atoms with van der Waals surface area (Å²) in [5, 5.41) is 51.1. The van der Waals surface area contributed by atoms with Crippen LogP contribution in [0.25, 0.3) is 111 Å². The van der Waals surface area contributed by atoms with Gasteiger partial charge in [0.25, 0.3) is 0 Å². The van der Waals surface area contributed by atoms with Gasteiger partial charge in [0, 0.05) is 186 Å². The Bertz CT molecular complexity index is 8440. The van der Waals surface area contributed by atoms with Gasteiger partial charge < -0.3 is 29.7 Å². The minimum absolute atomic E-state index is 0.131. The molecule has 0 aliphatic heterocycles. The number of nitrogens with one attached hydrogen (secondary N) is 5. The molecule has 732 valence electrons. The van der Waals surface area contributed by atoms with Gasteiger partial charge in [0.15, 0.2) is 25.8 Å². The smallest absolute Gasteiger partial charge is 0.417 e. The van der Waals surface area contributed by atoms with Gasteiger partial charge in [-0.15, -0.1) is 0 Å². The lowest BCUT2D eigenvalue weighted by atomic mass is 10.1. The number of hydrogen-bond donors (Lipinski definition) is 5. The van der Waals surface area contributed by atoms with Gasteiger partial charge in [-0.1, -0.05) is 75.5 Å². The molecule has 15 aromatic heterocycles. The number of aromatic amines is 5. The molecule has 15 heterocycles. The van der Waals surface area contributed by atoms with Gasteiger partial charge >= 0.3 is 30.9 Å². The summed E-state index contributed by atoms with van der Waals surface area (Å²) in [6.07, 6.45) is -4.65. The number of hydrogen-bond acceptors (Lipinski definition) is 26. The number of ether oxygens (including phenoxy) is 1. The summed E-state index contributed by atoms with van der Waals surface area (Å²) in [5.74, 6) is 0.698. The van der Waals surface area contributed by atoms with Gasteiger partial charge in [-0.2, -0.15) is 92.2 Å². The average Bonchev–Trinajstić information content (AvgIpc) is 1.67. The Morgan fingerprint density at radius 2 is 0.599 bits per heavy atom. The summed E-state index contributed by atoms with van der Waals surface area (Å²) in [7, 11) is 0. The van der Waals surface area contributed by atoms with E-state index in [0.717, 1.165) is 89.8 Å². The van der Waals surface area contributed by atoms with Crippen molar-refractivity contribution in [3.05, 3.63) is 319 Å². The summed E-state index contributed by atoms with van der Waals surface area (Å²) >= 11 is 25.2. The maximum Gasteiger partial charge on any atom is 0.417 e. The molecule has 0 radical (unpaired) electrons. The Kier molecular flexibility index (Phi) is 31.6. The number of alkyl halides is 15. The molecule has 20 rings (SSSR count). The first-order valence-corrected chi connectivity index (χ1v) is 48.0. The van der Waals surface area contributed by atoms with Crippen LogP contribution in [0.3, 0.4) is 0 Å². The van der Waals surface area contributed by atoms with Crippen LogP contribution in [0.4, 0.5) is 65.9 Å². The molecule has 20 aromatic rings. The second-order valence-electron chi connectivity index (χ2n) is 29.9. The van der Waals surface area contributed by atoms with Gasteiger partial charge in [-0.3, -0.25) is 0 Å². The third-order valence-corrected chi connectivity index (χ3v) is 27.1. The van der Waals surface area contributed by atoms with Crippen LogP contribution in [0.5, 0.6) is 5.75 Å². The van der Waals surface area contributed by atoms with Crippen LogP contribution in [0.2, 0.25) is 10.0 Å². The second-order valence-corrected chi connectivity index (χ2v) is 37.7. The maximum absolute atomic E-state index is 13.2. The van der Waals surface area contributed by atoms with Crippen molar-refractivity contribution in [1.29, 1.82) is 26.3 Å². The van der Waals surface area contributed by atoms with E-state index < -0.39 is 58.7 Å². The van der Waals surface area contributed by atoms with Gasteiger partial charge in [-0.05, 0) is 197 Å². The van der Waals surface area contributed by atoms with Gasteiger partial charge in [0.1, 0.15) is 64.3 Å². The van der Waals surface area contributed by atoms with E-state index in [4.69, 9.17) is 27.9 Å². The molecule has 50 heteroatoms. The number of H-pyrrole nitrogens is 5. The van der Waals surface area contributed by atoms with Gasteiger partial charge in [0.05, 0.1) is 95.7 Å². The fourth-order valence-corrected chi connectivity index (χ4v) is 18.8. The van der Waals surface area contributed by atoms with Crippen molar-refractivity contribution in [2.45, 2.75) is 88.1 Å². The molecule has 0 bridgehead atoms. The fourth-order valence-electron chi connectivity index (χ4n) is 13.7. The zero-order valence-electron chi connectivity index (χ0n) is 73.4. The van der Waals surface area contributed by atoms with E-state index in [2.05, 4.69) is 132 Å². The topological polar surface area (TPSA) is 400 Å². The summed E-state index contributed by atoms with van der Waals surface area (Å²) in [6.45, 7) is 2.41. The van der Waals surface area contributed by atoms with Crippen LogP contribution < -0.4 is 4.74 Å². The number of nitrogens with zero attached hydrogens (tertiary/aromatic N) is 20. The van der Waals surface area contributed by atoms with Gasteiger partial charge in [-0.25, -0.2) is 74.8 Å². The standard InChI is InChI=1S/C21H14F3N5OS.2C19H9BrF3N5S.2C19H9ClF3N5S/c1-2-30-14-4-3-5-15(7-14)31-20-28-9-12(8-25)18(29-20)17-11-27-19-16(17)6-13(10-26-19)21(22,23)24;20-12-1-3-13(4-2-12)29-18-27-7-10(6-24)16(28-18)15-9-26-17-14(15)5-11(8-25-17)19(21,22)23;20-14-3-1-2-4-15(14)29-18-27-7-10(6-24)16(28-18)13-9-26-17-12(13)5-11(8-25-17)19(21,22)23;20-12-2-1-3-13(5-12)29-18-27-7-10(6-24)16(28-18)15-9-26-17-14(15)4-11(8-25-17)19(21,22)23;20-14-3-1-2-4-15(14)29-18-27-7-10(6-24)16(28-18)13-9-26-17-12(13)5-11(8-25-17)19(21,22)23/h3-7,9-11H,2H2,1H3,(H,26,27);4*1-5,7-9H,(H,25,26). The number of fused-ring (bicyclic) bond motifs is 5. The first-order valence-electron chi connectivity index (χ1n) is 41.5. The molecule has 0 saturated heterocycles. The van der Waals surface area contributed by atoms with Crippen LogP contribution in [-0.4, -0.2) is 106 Å². The zero-order chi connectivity index (χ0) is 104. The number of pyridine rings is 5. The van der Waals surface area contributed by atoms with Gasteiger partial charge in [0.2, 0.25) is 0 Å². The normalized spacial score (nSPS) is 11.5. The van der Waals surface area contributed by atoms with Crippen molar-refractivity contribution < 1.29 is 70.6 Å². The van der Waals surface area contributed by atoms with Crippen molar-refractivity contribution in [1.82, 2.24) is 99.7 Å². The molecule has 0 spiro atoms. The predicted molar refractivity (Wildman–Crippen MR) is 524 cm³/mol. The van der Waals surface area contributed by atoms with Crippen molar-refractivity contribution in [2.24, 2.45) is 0 Å². The highest BCUT2D eigenvalue weighted by molar-refractivity contribution is 9.10. The highest BCUT2D eigenvalue weighted by Gasteiger charge is 2.37. The molecule has 0 unspecified atom stereocenters. The van der Waals surface area contributed by atoms with Crippen LogP contribution >= 0.6 is 114 Å². The quantitative estimate of drug-likeness (QED) is 0.0417. The van der Waals surface area contributed by atoms with Crippen molar-refractivity contribution >= 4 is 169 Å². The number of benzene rings is 5. The van der Waals surface area contributed by atoms with Crippen LogP contribution in [0.1, 0.15) is 62.6 Å². The summed E-state index contributed by atoms with van der Waals surface area (Å²) in [4.78, 5) is 80.4. The predicted octanol–water partition coefficient (Wildman–Crippen LogP) is 28.5. The monoisotopic (exact) mass is 2250 g/mol. The Labute approximate surface area is 865 Å². The average molecular weight is 2260 g/mol. The Hall–Kier alpha value is -15.6. The van der Waals surface area contributed by atoms with E-state index in [1.807, 2.05) is 122 Å². The van der Waals surface area contributed by atoms with Crippen molar-refractivity contribution in [2.75, 3.05) is 6.61 Å². The highest BCUT2D eigenvalue weighted by atomic mass is 79.9. The third kappa shape index (κ3) is 24.8. The minimum Gasteiger partial charge on any atom is -0.494 e. The molecule has 147 heavy (non-hydrogen) atoms. The summed E-state index contributed by atoms with van der Waals surface area (Å²) < 4.78 is 204. The number of halogens is 19. The van der Waals surface area contributed by atoms with E-state index in [1.54, 1.807) is 36.4 Å². The van der Waals surface area contributed by atoms with Crippen LogP contribution in [-0.2, 0) is 30.9 Å². The molecular weight excluding hydrogens is 2210 g/mol. The molecule has 5 aromatic carbocycles. The largest absolute Gasteiger partial charge is 0.494 e. The van der Waals surface area contributed by atoms with E-state index in [-0.39, 0.29) is 111 Å². The number of aromatic nitrogens is 20. The highest BCUT2D eigenvalue weighted by Crippen LogP contribution is 2.45.